The molecule has 22 heavy (non-hydrogen) atoms. The fourth-order valence-electron chi connectivity index (χ4n) is 2.94. The molecule has 0 saturated carbocycles. The number of anilines is 1. The number of nitrogens with zero attached hydrogens (tertiary/aromatic N) is 1. The molecule has 1 heterocycles. The van der Waals surface area contributed by atoms with Gasteiger partial charge in [0.2, 0.25) is 0 Å². The first-order chi connectivity index (χ1) is 10.7. The van der Waals surface area contributed by atoms with E-state index < -0.39 is 6.09 Å². The Labute approximate surface area is 126 Å². The molecule has 0 spiro atoms. The van der Waals surface area contributed by atoms with Crippen molar-refractivity contribution in [2.45, 2.75) is 6.42 Å². The smallest absolute Gasteiger partial charge is 0.409 e. The maximum Gasteiger partial charge on any atom is 0.409 e. The second kappa shape index (κ2) is 4.73. The number of nitrogens with one attached hydrogen (secondary N) is 2. The van der Waals surface area contributed by atoms with Gasteiger partial charge in [-0.05, 0) is 17.7 Å². The highest BCUT2D eigenvalue weighted by Gasteiger charge is 2.24. The van der Waals surface area contributed by atoms with Gasteiger partial charge in [0.15, 0.2) is 0 Å². The van der Waals surface area contributed by atoms with Crippen LogP contribution in [0.25, 0.3) is 22.5 Å². The van der Waals surface area contributed by atoms with Gasteiger partial charge in [-0.25, -0.2) is 4.79 Å². The molecule has 1 aliphatic carbocycles. The van der Waals surface area contributed by atoms with Crippen molar-refractivity contribution in [3.05, 3.63) is 59.7 Å². The zero-order chi connectivity index (χ0) is 15.1. The second-order valence-corrected chi connectivity index (χ2v) is 5.27. The van der Waals surface area contributed by atoms with Gasteiger partial charge in [0.1, 0.15) is 0 Å². The van der Waals surface area contributed by atoms with Crippen molar-refractivity contribution in [2.24, 2.45) is 0 Å². The number of aromatic amines is 1. The summed E-state index contributed by atoms with van der Waals surface area (Å²) in [6.45, 7) is 0. The van der Waals surface area contributed by atoms with Crippen molar-refractivity contribution in [3.8, 4) is 22.5 Å². The molecule has 3 N–H and O–H groups in total. The summed E-state index contributed by atoms with van der Waals surface area (Å²) >= 11 is 0. The highest BCUT2D eigenvalue weighted by atomic mass is 16.4. The Bertz CT molecular complexity index is 866. The normalized spacial score (nSPS) is 11.8. The van der Waals surface area contributed by atoms with E-state index in [0.29, 0.717) is 5.69 Å². The molecule has 1 aromatic heterocycles. The van der Waals surface area contributed by atoms with Crippen LogP contribution < -0.4 is 5.32 Å². The molecule has 1 amide bonds. The van der Waals surface area contributed by atoms with Crippen LogP contribution in [0.15, 0.2) is 48.5 Å². The van der Waals surface area contributed by atoms with E-state index in [1.165, 1.54) is 16.7 Å². The molecule has 0 unspecified atom stereocenters. The van der Waals surface area contributed by atoms with Gasteiger partial charge in [-0.2, -0.15) is 5.10 Å². The standard InChI is InChI=1S/C17H13N3O2/c21-17(22)18-12-7-5-10(6-8-12)15-14-9-11-3-1-2-4-13(11)16(14)20-19-15/h1-8,18H,9H2,(H,19,20)(H,21,22). The van der Waals surface area contributed by atoms with Crippen LogP contribution in [-0.2, 0) is 6.42 Å². The molecular weight excluding hydrogens is 278 g/mol. The molecule has 0 atom stereocenters. The Morgan fingerprint density at radius 3 is 2.68 bits per heavy atom. The minimum Gasteiger partial charge on any atom is -0.465 e. The third-order valence-corrected chi connectivity index (χ3v) is 3.93. The minimum atomic E-state index is -1.07. The van der Waals surface area contributed by atoms with Gasteiger partial charge in [-0.15, -0.1) is 0 Å². The molecule has 4 rings (SSSR count). The summed E-state index contributed by atoms with van der Waals surface area (Å²) in [5, 5.41) is 18.6. The zero-order valence-electron chi connectivity index (χ0n) is 11.6. The Morgan fingerprint density at radius 2 is 1.91 bits per heavy atom. The van der Waals surface area contributed by atoms with Crippen molar-refractivity contribution in [3.63, 3.8) is 0 Å². The molecule has 0 saturated heterocycles. The number of rotatable bonds is 2. The fourth-order valence-corrected chi connectivity index (χ4v) is 2.94. The van der Waals surface area contributed by atoms with E-state index in [-0.39, 0.29) is 0 Å². The van der Waals surface area contributed by atoms with Gasteiger partial charge >= 0.3 is 6.09 Å². The average Bonchev–Trinajstić information content (AvgIpc) is 3.06. The summed E-state index contributed by atoms with van der Waals surface area (Å²) in [6.07, 6.45) is -0.198. The van der Waals surface area contributed by atoms with Crippen molar-refractivity contribution in [2.75, 3.05) is 5.32 Å². The van der Waals surface area contributed by atoms with E-state index in [1.54, 1.807) is 12.1 Å². The number of hydrogen-bond acceptors (Lipinski definition) is 2. The van der Waals surface area contributed by atoms with Gasteiger partial charge in [-0.3, -0.25) is 10.4 Å². The zero-order valence-corrected chi connectivity index (χ0v) is 11.6. The van der Waals surface area contributed by atoms with Crippen molar-refractivity contribution >= 4 is 11.8 Å². The largest absolute Gasteiger partial charge is 0.465 e. The number of hydrogen-bond donors (Lipinski definition) is 3. The minimum absolute atomic E-state index is 0.548. The molecule has 0 bridgehead atoms. The molecule has 108 valence electrons. The third kappa shape index (κ3) is 1.95. The highest BCUT2D eigenvalue weighted by Crippen LogP contribution is 2.39. The lowest BCUT2D eigenvalue weighted by atomic mass is 10.1. The second-order valence-electron chi connectivity index (χ2n) is 5.27. The lowest BCUT2D eigenvalue weighted by Gasteiger charge is -2.03. The lowest BCUT2D eigenvalue weighted by molar-refractivity contribution is 0.210. The van der Waals surface area contributed by atoms with Crippen LogP contribution in [0.2, 0.25) is 0 Å². The Balaban J connectivity index is 1.71. The van der Waals surface area contributed by atoms with Crippen molar-refractivity contribution in [1.29, 1.82) is 0 Å². The van der Waals surface area contributed by atoms with E-state index >= 15 is 0 Å². The van der Waals surface area contributed by atoms with Crippen LogP contribution in [0.3, 0.4) is 0 Å². The summed E-state index contributed by atoms with van der Waals surface area (Å²) in [6, 6.07) is 15.6. The van der Waals surface area contributed by atoms with Crippen molar-refractivity contribution < 1.29 is 9.90 Å². The topological polar surface area (TPSA) is 78.0 Å². The van der Waals surface area contributed by atoms with Gasteiger partial charge in [0.05, 0.1) is 11.4 Å². The van der Waals surface area contributed by atoms with Crippen LogP contribution in [0, 0.1) is 0 Å². The number of amides is 1. The monoisotopic (exact) mass is 291 g/mol. The van der Waals surface area contributed by atoms with Gasteiger partial charge in [0, 0.05) is 28.8 Å². The molecule has 1 aliphatic rings. The van der Waals surface area contributed by atoms with Crippen LogP contribution in [-0.4, -0.2) is 21.4 Å². The first-order valence-electron chi connectivity index (χ1n) is 6.98. The predicted octanol–water partition coefficient (Wildman–Crippen LogP) is 3.74. The summed E-state index contributed by atoms with van der Waals surface area (Å²) in [5.41, 5.74) is 7.23. The van der Waals surface area contributed by atoms with E-state index in [1.807, 2.05) is 24.3 Å². The van der Waals surface area contributed by atoms with E-state index in [0.717, 1.165) is 23.4 Å². The van der Waals surface area contributed by atoms with Crippen LogP contribution in [0.5, 0.6) is 0 Å². The Morgan fingerprint density at radius 1 is 1.14 bits per heavy atom. The van der Waals surface area contributed by atoms with Crippen LogP contribution in [0.1, 0.15) is 11.1 Å². The Hall–Kier alpha value is -3.08. The highest BCUT2D eigenvalue weighted by molar-refractivity contribution is 5.84. The molecule has 5 nitrogen and oxygen atoms in total. The first kappa shape index (κ1) is 12.6. The number of carboxylic acid groups (broad SMARTS) is 1. The first-order valence-corrected chi connectivity index (χ1v) is 6.98. The quantitative estimate of drug-likeness (QED) is 0.526. The number of carbonyl (C=O) groups is 1. The van der Waals surface area contributed by atoms with E-state index in [9.17, 15) is 4.79 Å². The molecule has 3 aromatic rings. The predicted molar refractivity (Wildman–Crippen MR) is 83.9 cm³/mol. The third-order valence-electron chi connectivity index (χ3n) is 3.93. The number of aromatic nitrogens is 2. The number of fused-ring (bicyclic) bond motifs is 3. The molecule has 0 aliphatic heterocycles. The molecule has 2 aromatic carbocycles. The number of benzene rings is 2. The van der Waals surface area contributed by atoms with E-state index in [4.69, 9.17) is 5.11 Å². The summed E-state index contributed by atoms with van der Waals surface area (Å²) in [7, 11) is 0. The molecule has 0 fully saturated rings. The molecule has 5 heteroatoms. The number of H-pyrrole nitrogens is 1. The van der Waals surface area contributed by atoms with Crippen LogP contribution >= 0.6 is 0 Å². The lowest BCUT2D eigenvalue weighted by Crippen LogP contribution is -2.06. The van der Waals surface area contributed by atoms with E-state index in [2.05, 4.69) is 27.6 Å². The molecule has 0 radical (unpaired) electrons. The summed E-state index contributed by atoms with van der Waals surface area (Å²) in [4.78, 5) is 10.6. The fraction of sp³-hybridized carbons (Fsp3) is 0.0588. The van der Waals surface area contributed by atoms with Crippen molar-refractivity contribution in [1.82, 2.24) is 10.2 Å². The average molecular weight is 291 g/mol. The molecular formula is C17H13N3O2. The van der Waals surface area contributed by atoms with Gasteiger partial charge < -0.3 is 5.11 Å². The Kier molecular flexibility index (Phi) is 2.72. The van der Waals surface area contributed by atoms with Gasteiger partial charge in [-0.1, -0.05) is 36.4 Å². The van der Waals surface area contributed by atoms with Gasteiger partial charge in [0.25, 0.3) is 0 Å². The van der Waals surface area contributed by atoms with Crippen LogP contribution in [0.4, 0.5) is 10.5 Å². The maximum atomic E-state index is 10.6. The maximum absolute atomic E-state index is 10.6. The summed E-state index contributed by atoms with van der Waals surface area (Å²) < 4.78 is 0. The SMILES string of the molecule is O=C(O)Nc1ccc(-c2n[nH]c3c2Cc2ccccc2-3)cc1. The summed E-state index contributed by atoms with van der Waals surface area (Å²) in [5.74, 6) is 0.